The van der Waals surface area contributed by atoms with Crippen LogP contribution in [-0.4, -0.2) is 22.4 Å². The van der Waals surface area contributed by atoms with Gasteiger partial charge < -0.3 is 5.32 Å². The zero-order valence-electron chi connectivity index (χ0n) is 12.0. The van der Waals surface area contributed by atoms with Gasteiger partial charge in [-0.15, -0.1) is 0 Å². The first-order chi connectivity index (χ1) is 8.45. The Bertz CT molecular complexity index is 437. The van der Waals surface area contributed by atoms with E-state index in [9.17, 15) is 0 Å². The van der Waals surface area contributed by atoms with Crippen molar-refractivity contribution < 1.29 is 0 Å². The molecule has 2 aliphatic carbocycles. The van der Waals surface area contributed by atoms with E-state index in [1.807, 2.05) is 11.7 Å². The van der Waals surface area contributed by atoms with Gasteiger partial charge in [-0.1, -0.05) is 20.8 Å². The van der Waals surface area contributed by atoms with Crippen LogP contribution in [0.2, 0.25) is 0 Å². The second-order valence-corrected chi connectivity index (χ2v) is 7.14. The van der Waals surface area contributed by atoms with Crippen LogP contribution in [0.15, 0.2) is 6.20 Å². The number of hydrogen-bond acceptors (Lipinski definition) is 2. The topological polar surface area (TPSA) is 29.9 Å². The Morgan fingerprint density at radius 2 is 2.11 bits per heavy atom. The molecule has 2 atom stereocenters. The Balaban J connectivity index is 1.69. The van der Waals surface area contributed by atoms with Crippen molar-refractivity contribution in [1.82, 2.24) is 15.1 Å². The summed E-state index contributed by atoms with van der Waals surface area (Å²) >= 11 is 0. The smallest absolute Gasteiger partial charge is 0.0712 e. The molecule has 3 nitrogen and oxygen atoms in total. The lowest BCUT2D eigenvalue weighted by Gasteiger charge is -2.17. The zero-order chi connectivity index (χ0) is 12.9. The maximum Gasteiger partial charge on any atom is 0.0712 e. The van der Waals surface area contributed by atoms with Gasteiger partial charge in [0.25, 0.3) is 0 Å². The summed E-state index contributed by atoms with van der Waals surface area (Å²) < 4.78 is 1.99. The molecule has 2 aliphatic rings. The van der Waals surface area contributed by atoms with Crippen LogP contribution in [-0.2, 0) is 12.5 Å². The molecular weight excluding hydrogens is 222 g/mol. The monoisotopic (exact) mass is 247 g/mol. The van der Waals surface area contributed by atoms with Gasteiger partial charge in [0, 0.05) is 24.7 Å². The van der Waals surface area contributed by atoms with E-state index in [2.05, 4.69) is 37.4 Å². The van der Waals surface area contributed by atoms with Gasteiger partial charge in [-0.05, 0) is 43.2 Å². The van der Waals surface area contributed by atoms with Crippen LogP contribution in [0.4, 0.5) is 0 Å². The Morgan fingerprint density at radius 1 is 1.39 bits per heavy atom. The van der Waals surface area contributed by atoms with Crippen LogP contribution in [0.25, 0.3) is 0 Å². The molecule has 1 aromatic rings. The molecule has 18 heavy (non-hydrogen) atoms. The first-order valence-corrected chi connectivity index (χ1v) is 7.22. The summed E-state index contributed by atoms with van der Waals surface area (Å²) in [6.45, 7) is 7.99. The van der Waals surface area contributed by atoms with Gasteiger partial charge in [0.1, 0.15) is 0 Å². The minimum atomic E-state index is 0.160. The van der Waals surface area contributed by atoms with E-state index < -0.39 is 0 Å². The number of aromatic nitrogens is 2. The number of nitrogens with zero attached hydrogens (tertiary/aromatic N) is 2. The normalized spacial score (nSPS) is 27.6. The van der Waals surface area contributed by atoms with Crippen molar-refractivity contribution in [2.24, 2.45) is 13.0 Å². The molecule has 0 radical (unpaired) electrons. The minimum absolute atomic E-state index is 0.160. The SMILES string of the molecule is Cn1cc(C2CC2CNC2CC2)c(C(C)(C)C)n1. The van der Waals surface area contributed by atoms with Crippen LogP contribution < -0.4 is 5.32 Å². The molecule has 100 valence electrons. The van der Waals surface area contributed by atoms with Crippen molar-refractivity contribution in [3.63, 3.8) is 0 Å². The van der Waals surface area contributed by atoms with Crippen LogP contribution in [0.5, 0.6) is 0 Å². The molecule has 3 heteroatoms. The second-order valence-electron chi connectivity index (χ2n) is 7.14. The summed E-state index contributed by atoms with van der Waals surface area (Å²) in [6.07, 6.45) is 6.35. The molecule has 2 fully saturated rings. The summed E-state index contributed by atoms with van der Waals surface area (Å²) in [5.41, 5.74) is 2.95. The van der Waals surface area contributed by atoms with Gasteiger partial charge in [0.2, 0.25) is 0 Å². The second kappa shape index (κ2) is 4.09. The first-order valence-electron chi connectivity index (χ1n) is 7.22. The lowest BCUT2D eigenvalue weighted by molar-refractivity contribution is 0.546. The maximum absolute atomic E-state index is 4.68. The predicted octanol–water partition coefficient (Wildman–Crippen LogP) is 2.57. The minimum Gasteiger partial charge on any atom is -0.314 e. The summed E-state index contributed by atoms with van der Waals surface area (Å²) in [6, 6.07) is 0.835. The van der Waals surface area contributed by atoms with Crippen molar-refractivity contribution in [2.45, 2.75) is 57.4 Å². The van der Waals surface area contributed by atoms with Gasteiger partial charge in [-0.25, -0.2) is 0 Å². The molecule has 1 aromatic heterocycles. The number of nitrogens with one attached hydrogen (secondary N) is 1. The largest absolute Gasteiger partial charge is 0.314 e. The Kier molecular flexibility index (Phi) is 2.77. The van der Waals surface area contributed by atoms with Gasteiger partial charge >= 0.3 is 0 Å². The van der Waals surface area contributed by atoms with Crippen molar-refractivity contribution >= 4 is 0 Å². The maximum atomic E-state index is 4.68. The third-order valence-electron chi connectivity index (χ3n) is 4.14. The molecule has 0 saturated heterocycles. The summed E-state index contributed by atoms with van der Waals surface area (Å²) in [5, 5.41) is 8.34. The first kappa shape index (κ1) is 12.2. The number of aryl methyl sites for hydroxylation is 1. The fourth-order valence-electron chi connectivity index (χ4n) is 2.82. The van der Waals surface area contributed by atoms with E-state index in [-0.39, 0.29) is 5.41 Å². The fourth-order valence-corrected chi connectivity index (χ4v) is 2.82. The molecule has 0 spiro atoms. The van der Waals surface area contributed by atoms with Crippen LogP contribution in [0.3, 0.4) is 0 Å². The summed E-state index contributed by atoms with van der Waals surface area (Å²) in [5.74, 6) is 1.59. The third-order valence-corrected chi connectivity index (χ3v) is 4.14. The summed E-state index contributed by atoms with van der Waals surface area (Å²) in [7, 11) is 2.04. The summed E-state index contributed by atoms with van der Waals surface area (Å²) in [4.78, 5) is 0. The fraction of sp³-hybridized carbons (Fsp3) is 0.800. The van der Waals surface area contributed by atoms with Crippen molar-refractivity contribution in [3.8, 4) is 0 Å². The average Bonchev–Trinajstić information content (AvgIpc) is 3.15. The standard InChI is InChI=1S/C15H25N3/c1-15(2,3)14-13(9-18(4)17-14)12-7-10(12)8-16-11-5-6-11/h9-12,16H,5-8H2,1-4H3. The van der Waals surface area contributed by atoms with Crippen molar-refractivity contribution in [2.75, 3.05) is 6.54 Å². The van der Waals surface area contributed by atoms with Crippen LogP contribution in [0.1, 0.15) is 57.2 Å². The molecular formula is C15H25N3. The van der Waals surface area contributed by atoms with Crippen LogP contribution in [0, 0.1) is 5.92 Å². The van der Waals surface area contributed by atoms with E-state index >= 15 is 0 Å². The number of hydrogen-bond donors (Lipinski definition) is 1. The molecule has 0 aromatic carbocycles. The van der Waals surface area contributed by atoms with Gasteiger partial charge in [-0.2, -0.15) is 5.10 Å². The van der Waals surface area contributed by atoms with Crippen molar-refractivity contribution in [1.29, 1.82) is 0 Å². The quantitative estimate of drug-likeness (QED) is 0.886. The highest BCUT2D eigenvalue weighted by atomic mass is 15.3. The van der Waals surface area contributed by atoms with E-state index in [4.69, 9.17) is 0 Å². The average molecular weight is 247 g/mol. The Labute approximate surface area is 110 Å². The van der Waals surface area contributed by atoms with Gasteiger partial charge in [-0.3, -0.25) is 4.68 Å². The molecule has 2 saturated carbocycles. The zero-order valence-corrected chi connectivity index (χ0v) is 12.0. The molecule has 0 bridgehead atoms. The lowest BCUT2D eigenvalue weighted by Crippen LogP contribution is -2.20. The highest BCUT2D eigenvalue weighted by Crippen LogP contribution is 2.49. The molecule has 1 N–H and O–H groups in total. The molecule has 0 aliphatic heterocycles. The highest BCUT2D eigenvalue weighted by molar-refractivity contribution is 5.32. The lowest BCUT2D eigenvalue weighted by atomic mass is 9.88. The third kappa shape index (κ3) is 2.46. The molecule has 3 rings (SSSR count). The highest BCUT2D eigenvalue weighted by Gasteiger charge is 2.42. The van der Waals surface area contributed by atoms with Crippen molar-refractivity contribution in [3.05, 3.63) is 17.5 Å². The van der Waals surface area contributed by atoms with Gasteiger partial charge in [0.05, 0.1) is 5.69 Å². The molecule has 1 heterocycles. The predicted molar refractivity (Wildman–Crippen MR) is 73.8 cm³/mol. The Morgan fingerprint density at radius 3 is 2.72 bits per heavy atom. The molecule has 0 amide bonds. The van der Waals surface area contributed by atoms with E-state index in [0.29, 0.717) is 0 Å². The van der Waals surface area contributed by atoms with E-state index in [1.54, 1.807) is 0 Å². The number of rotatable bonds is 4. The van der Waals surface area contributed by atoms with Crippen LogP contribution >= 0.6 is 0 Å². The molecule has 2 unspecified atom stereocenters. The Hall–Kier alpha value is -0.830. The van der Waals surface area contributed by atoms with E-state index in [0.717, 1.165) is 17.9 Å². The van der Waals surface area contributed by atoms with E-state index in [1.165, 1.54) is 37.1 Å². The van der Waals surface area contributed by atoms with Gasteiger partial charge in [0.15, 0.2) is 0 Å².